The number of halogens is 2. The van der Waals surface area contributed by atoms with E-state index in [1.165, 1.54) is 6.07 Å². The van der Waals surface area contributed by atoms with Crippen molar-refractivity contribution in [2.45, 2.75) is 27.0 Å². The summed E-state index contributed by atoms with van der Waals surface area (Å²) in [5.74, 6) is 0.528. The van der Waals surface area contributed by atoms with Crippen LogP contribution in [-0.4, -0.2) is 13.0 Å². The second-order valence-corrected chi connectivity index (χ2v) is 7.92. The fourth-order valence-corrected chi connectivity index (χ4v) is 3.21. The predicted molar refractivity (Wildman–Crippen MR) is 126 cm³/mol. The number of ether oxygens (including phenoxy) is 2. The highest BCUT2D eigenvalue weighted by Gasteiger charge is 2.14. The summed E-state index contributed by atoms with van der Waals surface area (Å²) in [5.41, 5.74) is 2.74. The number of methoxy groups -OCH3 is 1. The van der Waals surface area contributed by atoms with Crippen LogP contribution in [-0.2, 0) is 17.9 Å². The zero-order valence-corrected chi connectivity index (χ0v) is 19.0. The quantitative estimate of drug-likeness (QED) is 0.398. The first kappa shape index (κ1) is 23.4. The summed E-state index contributed by atoms with van der Waals surface area (Å²) < 4.78 is 25.5. The Morgan fingerprint density at radius 1 is 1.03 bits per heavy atom. The molecule has 168 valence electrons. The molecule has 0 radical (unpaired) electrons. The topological polar surface area (TPSA) is 59.6 Å². The zero-order valence-electron chi connectivity index (χ0n) is 18.2. The molecule has 0 aliphatic carbocycles. The van der Waals surface area contributed by atoms with E-state index in [1.807, 2.05) is 50.2 Å². The fraction of sp³-hybridized carbons (Fsp3) is 0.240. The summed E-state index contributed by atoms with van der Waals surface area (Å²) in [6.07, 6.45) is 0. The molecule has 0 unspecified atom stereocenters. The van der Waals surface area contributed by atoms with E-state index >= 15 is 0 Å². The summed E-state index contributed by atoms with van der Waals surface area (Å²) >= 11 is 6.12. The van der Waals surface area contributed by atoms with Crippen LogP contribution >= 0.6 is 11.6 Å². The largest absolute Gasteiger partial charge is 0.493 e. The maximum Gasteiger partial charge on any atom is 0.226 e. The second kappa shape index (κ2) is 10.9. The molecule has 32 heavy (non-hydrogen) atoms. The van der Waals surface area contributed by atoms with Crippen molar-refractivity contribution in [2.24, 2.45) is 5.92 Å². The lowest BCUT2D eigenvalue weighted by molar-refractivity contribution is -0.118. The van der Waals surface area contributed by atoms with Crippen molar-refractivity contribution in [3.8, 4) is 11.5 Å². The Bertz CT molecular complexity index is 1050. The molecule has 3 aromatic rings. The molecule has 0 saturated heterocycles. The van der Waals surface area contributed by atoms with Crippen LogP contribution in [0.15, 0.2) is 60.7 Å². The third-order valence-corrected chi connectivity index (χ3v) is 5.22. The van der Waals surface area contributed by atoms with E-state index in [-0.39, 0.29) is 24.0 Å². The Morgan fingerprint density at radius 3 is 2.38 bits per heavy atom. The van der Waals surface area contributed by atoms with Gasteiger partial charge in [0.15, 0.2) is 11.5 Å². The van der Waals surface area contributed by atoms with Crippen LogP contribution in [0.25, 0.3) is 0 Å². The number of hydrogen-bond acceptors (Lipinski definition) is 4. The Balaban J connectivity index is 1.71. The lowest BCUT2D eigenvalue weighted by Crippen LogP contribution is -2.17. The van der Waals surface area contributed by atoms with E-state index in [4.69, 9.17) is 21.1 Å². The zero-order chi connectivity index (χ0) is 23.1. The Hall–Kier alpha value is -3.25. The number of nitrogens with one attached hydrogen (secondary N) is 2. The minimum atomic E-state index is -0.420. The molecule has 3 rings (SSSR count). The van der Waals surface area contributed by atoms with Crippen molar-refractivity contribution in [1.29, 1.82) is 0 Å². The molecule has 0 aliphatic rings. The van der Waals surface area contributed by atoms with Crippen LogP contribution in [0.1, 0.15) is 25.0 Å². The van der Waals surface area contributed by atoms with Gasteiger partial charge < -0.3 is 20.1 Å². The summed E-state index contributed by atoms with van der Waals surface area (Å²) in [7, 11) is 1.56. The molecule has 0 saturated carbocycles. The van der Waals surface area contributed by atoms with Gasteiger partial charge in [0.1, 0.15) is 12.4 Å². The molecule has 0 heterocycles. The number of para-hydroxylation sites is 1. The normalized spacial score (nSPS) is 10.7. The maximum absolute atomic E-state index is 14.1. The van der Waals surface area contributed by atoms with Gasteiger partial charge in [-0.05, 0) is 42.5 Å². The average Bonchev–Trinajstić information content (AvgIpc) is 2.78. The summed E-state index contributed by atoms with van der Waals surface area (Å²) in [6.45, 7) is 4.12. The molecule has 0 bridgehead atoms. The number of benzene rings is 3. The monoisotopic (exact) mass is 456 g/mol. The van der Waals surface area contributed by atoms with Gasteiger partial charge in [-0.15, -0.1) is 0 Å². The first-order valence-corrected chi connectivity index (χ1v) is 10.6. The van der Waals surface area contributed by atoms with Gasteiger partial charge in [0.25, 0.3) is 0 Å². The summed E-state index contributed by atoms with van der Waals surface area (Å²) in [6, 6.07) is 17.5. The number of anilines is 2. The van der Waals surface area contributed by atoms with Crippen molar-refractivity contribution in [2.75, 3.05) is 17.7 Å². The van der Waals surface area contributed by atoms with Crippen molar-refractivity contribution in [3.05, 3.63) is 82.6 Å². The highest BCUT2D eigenvalue weighted by atomic mass is 35.5. The van der Waals surface area contributed by atoms with Crippen molar-refractivity contribution < 1.29 is 18.7 Å². The van der Waals surface area contributed by atoms with Crippen LogP contribution in [0, 0.1) is 11.7 Å². The lowest BCUT2D eigenvalue weighted by Gasteiger charge is -2.17. The van der Waals surface area contributed by atoms with Crippen molar-refractivity contribution in [3.63, 3.8) is 0 Å². The van der Waals surface area contributed by atoms with Gasteiger partial charge in [-0.3, -0.25) is 4.79 Å². The minimum absolute atomic E-state index is 0.0247. The third-order valence-electron chi connectivity index (χ3n) is 4.86. The van der Waals surface area contributed by atoms with Gasteiger partial charge in [-0.2, -0.15) is 0 Å². The molecule has 7 heteroatoms. The van der Waals surface area contributed by atoms with Gasteiger partial charge in [-0.25, -0.2) is 4.39 Å². The van der Waals surface area contributed by atoms with E-state index in [0.717, 1.165) is 16.9 Å². The molecule has 0 aliphatic heterocycles. The number of carbonyl (C=O) groups is 1. The van der Waals surface area contributed by atoms with Gasteiger partial charge in [-0.1, -0.05) is 43.6 Å². The Morgan fingerprint density at radius 2 is 1.72 bits per heavy atom. The smallest absolute Gasteiger partial charge is 0.226 e. The molecular weight excluding hydrogens is 431 g/mol. The number of carbonyl (C=O) groups excluding carboxylic acids is 1. The highest BCUT2D eigenvalue weighted by molar-refractivity contribution is 6.31. The first-order chi connectivity index (χ1) is 15.4. The number of amides is 1. The molecule has 0 atom stereocenters. The Labute approximate surface area is 192 Å². The molecule has 3 aromatic carbocycles. The molecule has 0 aromatic heterocycles. The summed E-state index contributed by atoms with van der Waals surface area (Å²) in [4.78, 5) is 11.8. The molecule has 0 fully saturated rings. The lowest BCUT2D eigenvalue weighted by atomic mass is 10.1. The minimum Gasteiger partial charge on any atom is -0.493 e. The molecule has 0 spiro atoms. The average molecular weight is 457 g/mol. The van der Waals surface area contributed by atoms with E-state index in [2.05, 4.69) is 10.6 Å². The van der Waals surface area contributed by atoms with Gasteiger partial charge in [0, 0.05) is 35.0 Å². The standard InChI is InChI=1S/C25H26ClFN2O3/c1-16(2)25(30)29-19-12-10-18(11-13-19)28-14-17-6-4-9-23(31-3)24(17)32-15-20-21(26)7-5-8-22(20)27/h4-13,16,28H,14-15H2,1-3H3,(H,29,30). The predicted octanol–water partition coefficient (Wildman–Crippen LogP) is 6.27. The van der Waals surface area contributed by atoms with Gasteiger partial charge >= 0.3 is 0 Å². The van der Waals surface area contributed by atoms with E-state index in [9.17, 15) is 9.18 Å². The Kier molecular flexibility index (Phi) is 7.95. The fourth-order valence-electron chi connectivity index (χ4n) is 2.99. The first-order valence-electron chi connectivity index (χ1n) is 10.3. The van der Waals surface area contributed by atoms with Crippen LogP contribution in [0.5, 0.6) is 11.5 Å². The molecular formula is C25H26ClFN2O3. The van der Waals surface area contributed by atoms with Gasteiger partial charge in [0.05, 0.1) is 12.1 Å². The second-order valence-electron chi connectivity index (χ2n) is 7.51. The third kappa shape index (κ3) is 5.92. The van der Waals surface area contributed by atoms with Crippen molar-refractivity contribution in [1.82, 2.24) is 0 Å². The van der Waals surface area contributed by atoms with Crippen molar-refractivity contribution >= 4 is 28.9 Å². The number of rotatable bonds is 9. The van der Waals surface area contributed by atoms with Crippen LogP contribution < -0.4 is 20.1 Å². The summed E-state index contributed by atoms with van der Waals surface area (Å²) in [5, 5.41) is 6.50. The van der Waals surface area contributed by atoms with Crippen LogP contribution in [0.2, 0.25) is 5.02 Å². The molecule has 5 nitrogen and oxygen atoms in total. The molecule has 2 N–H and O–H groups in total. The van der Waals surface area contributed by atoms with E-state index in [0.29, 0.717) is 23.1 Å². The van der Waals surface area contributed by atoms with E-state index in [1.54, 1.807) is 25.3 Å². The highest BCUT2D eigenvalue weighted by Crippen LogP contribution is 2.33. The van der Waals surface area contributed by atoms with Crippen LogP contribution in [0.3, 0.4) is 0 Å². The van der Waals surface area contributed by atoms with Gasteiger partial charge in [0.2, 0.25) is 5.91 Å². The van der Waals surface area contributed by atoms with Crippen LogP contribution in [0.4, 0.5) is 15.8 Å². The number of hydrogen-bond donors (Lipinski definition) is 2. The molecule has 1 amide bonds. The van der Waals surface area contributed by atoms with E-state index < -0.39 is 5.82 Å². The maximum atomic E-state index is 14.1. The SMILES string of the molecule is COc1cccc(CNc2ccc(NC(=O)C(C)C)cc2)c1OCc1c(F)cccc1Cl.